The van der Waals surface area contributed by atoms with Crippen LogP contribution in [0.15, 0.2) is 11.6 Å². The first-order valence-electron chi connectivity index (χ1n) is 4.03. The van der Waals surface area contributed by atoms with E-state index in [1.807, 2.05) is 0 Å². The molecule has 2 amide bonds. The Hall–Kier alpha value is 0.316. The number of carbonyl (C=O) groups excluding carboxylic acids is 2. The fourth-order valence-corrected chi connectivity index (χ4v) is 1.41. The minimum absolute atomic E-state index is 0. The Bertz CT molecular complexity index is 398. The van der Waals surface area contributed by atoms with E-state index in [1.165, 1.54) is 11.3 Å². The van der Waals surface area contributed by atoms with Gasteiger partial charge < -0.3 is 35.6 Å². The Labute approximate surface area is 155 Å². The fourth-order valence-electron chi connectivity index (χ4n) is 0.759. The number of thiazole rings is 1. The number of hydrazine groups is 1. The molecule has 0 saturated carbocycles. The van der Waals surface area contributed by atoms with Crippen molar-refractivity contribution in [1.29, 1.82) is 0 Å². The molecule has 0 aliphatic rings. The molecule has 6 nitrogen and oxygen atoms in total. The van der Waals surface area contributed by atoms with Crippen molar-refractivity contribution in [2.24, 2.45) is 0 Å². The minimum Gasteiger partial charge on any atom is -0.410 e. The molecule has 10 heteroatoms. The van der Waals surface area contributed by atoms with Crippen LogP contribution in [0.25, 0.3) is 0 Å². The second kappa shape index (κ2) is 9.27. The van der Waals surface area contributed by atoms with E-state index in [-0.39, 0.29) is 62.1 Å². The van der Waals surface area contributed by atoms with Gasteiger partial charge >= 0.3 is 51.4 Å². The van der Waals surface area contributed by atoms with Crippen LogP contribution in [0.1, 0.15) is 6.42 Å². The van der Waals surface area contributed by atoms with Gasteiger partial charge in [-0.3, -0.25) is 15.0 Å². The van der Waals surface area contributed by atoms with Crippen molar-refractivity contribution in [1.82, 2.24) is 15.8 Å². The van der Waals surface area contributed by atoms with Gasteiger partial charge in [-0.2, -0.15) is 0 Å². The Balaban J connectivity index is 0.00000256. The summed E-state index contributed by atoms with van der Waals surface area (Å²) in [6.07, 6.45) is 1.22. The van der Waals surface area contributed by atoms with Crippen LogP contribution in [0.4, 0.5) is 5.13 Å². The number of nitrogens with zero attached hydrogens (tertiary/aromatic N) is 1. The molecule has 1 aromatic heterocycles. The first-order chi connectivity index (χ1) is 7.58. The molecule has 3 N–H and O–H groups in total. The van der Waals surface area contributed by atoms with Crippen molar-refractivity contribution in [2.75, 3.05) is 5.32 Å². The maximum absolute atomic E-state index is 11.3. The van der Waals surface area contributed by atoms with Gasteiger partial charge in [0.15, 0.2) is 5.13 Å². The van der Waals surface area contributed by atoms with E-state index in [9.17, 15) is 9.59 Å². The molecule has 1 heterocycles. The molecule has 86 valence electrons. The van der Waals surface area contributed by atoms with Gasteiger partial charge in [-0.05, 0) is 4.32 Å². The van der Waals surface area contributed by atoms with Crippen LogP contribution < -0.4 is 67.6 Å². The van der Waals surface area contributed by atoms with Crippen LogP contribution in [0.5, 0.6) is 0 Å². The smallest absolute Gasteiger partial charge is 0.410 e. The first-order valence-corrected chi connectivity index (χ1v) is 5.72. The van der Waals surface area contributed by atoms with Gasteiger partial charge in [0.2, 0.25) is 11.8 Å². The quantitative estimate of drug-likeness (QED) is 0.181. The van der Waals surface area contributed by atoms with Gasteiger partial charge in [-0.25, -0.2) is 4.98 Å². The van der Waals surface area contributed by atoms with E-state index in [2.05, 4.69) is 46.0 Å². The average molecular weight is 314 g/mol. The van der Waals surface area contributed by atoms with Gasteiger partial charge in [0.25, 0.3) is 0 Å². The molecule has 0 atom stereocenters. The van der Waals surface area contributed by atoms with Gasteiger partial charge in [-0.15, -0.1) is 11.3 Å². The molecule has 1 rings (SSSR count). The summed E-state index contributed by atoms with van der Waals surface area (Å²) in [6.45, 7) is 0. The van der Waals surface area contributed by atoms with Crippen molar-refractivity contribution in [3.8, 4) is 0 Å². The predicted octanol–water partition coefficient (Wildman–Crippen LogP) is -3.07. The zero-order valence-electron chi connectivity index (χ0n) is 8.85. The van der Waals surface area contributed by atoms with Crippen molar-refractivity contribution >= 4 is 57.4 Å². The normalized spacial score (nSPS) is 8.71. The van der Waals surface area contributed by atoms with Crippen LogP contribution >= 0.6 is 23.6 Å². The third-order valence-electron chi connectivity index (χ3n) is 1.30. The SMILES string of the molecule is O=C(CC(=O)Nc1nccs1)NNC(=S)[S-].[K+]. The topological polar surface area (TPSA) is 83.1 Å². The van der Waals surface area contributed by atoms with E-state index in [4.69, 9.17) is 0 Å². The summed E-state index contributed by atoms with van der Waals surface area (Å²) in [7, 11) is 0. The Kier molecular flexibility index (Phi) is 9.45. The number of hydrogen-bond donors (Lipinski definition) is 3. The summed E-state index contributed by atoms with van der Waals surface area (Å²) in [4.78, 5) is 26.2. The number of carbonyl (C=O) groups is 2. The van der Waals surface area contributed by atoms with Crippen molar-refractivity contribution in [2.45, 2.75) is 6.42 Å². The first kappa shape index (κ1) is 17.3. The summed E-state index contributed by atoms with van der Waals surface area (Å²) in [5.41, 5.74) is 4.44. The standard InChI is InChI=1S/C7H8N4O2S3.K/c12-4(9-6-8-1-2-16-6)3-5(13)10-11-7(14)15;/h1-2H,3H2,(H,10,13)(H,8,9,12)(H2,11,14,15);/q;+1/p-1. The van der Waals surface area contributed by atoms with Gasteiger partial charge in [0, 0.05) is 11.6 Å². The number of hydrogen-bond acceptors (Lipinski definition) is 6. The molecule has 0 spiro atoms. The maximum Gasteiger partial charge on any atom is 1.00 e. The van der Waals surface area contributed by atoms with Crippen LogP contribution in [0.2, 0.25) is 0 Å². The Morgan fingerprint density at radius 2 is 2.12 bits per heavy atom. The number of amides is 2. The Morgan fingerprint density at radius 1 is 1.41 bits per heavy atom. The summed E-state index contributed by atoms with van der Waals surface area (Å²) < 4.78 is 0.00804. The molecule has 0 radical (unpaired) electrons. The average Bonchev–Trinajstić information content (AvgIpc) is 2.67. The molecule has 17 heavy (non-hydrogen) atoms. The largest absolute Gasteiger partial charge is 1.00 e. The van der Waals surface area contributed by atoms with Crippen LogP contribution in [-0.4, -0.2) is 21.1 Å². The third-order valence-corrected chi connectivity index (χ3v) is 2.20. The van der Waals surface area contributed by atoms with Crippen molar-refractivity contribution in [3.05, 3.63) is 11.6 Å². The number of nitrogens with one attached hydrogen (secondary N) is 3. The Morgan fingerprint density at radius 3 is 2.65 bits per heavy atom. The molecule has 0 aromatic carbocycles. The van der Waals surface area contributed by atoms with Gasteiger partial charge in [0.1, 0.15) is 6.42 Å². The zero-order valence-corrected chi connectivity index (χ0v) is 14.4. The number of aromatic nitrogens is 1. The molecule has 1 aromatic rings. The van der Waals surface area contributed by atoms with E-state index < -0.39 is 11.8 Å². The number of anilines is 1. The van der Waals surface area contributed by atoms with Crippen molar-refractivity contribution < 1.29 is 61.0 Å². The van der Waals surface area contributed by atoms with E-state index >= 15 is 0 Å². The molecule has 0 bridgehead atoms. The van der Waals surface area contributed by atoms with E-state index in [0.29, 0.717) is 5.13 Å². The maximum atomic E-state index is 11.3. The molecular weight excluding hydrogens is 307 g/mol. The van der Waals surface area contributed by atoms with Crippen LogP contribution in [0, 0.1) is 0 Å². The number of rotatable bonds is 3. The molecular formula is C7H7KN4O2S3. The molecule has 0 fully saturated rings. The zero-order chi connectivity index (χ0) is 12.0. The van der Waals surface area contributed by atoms with Gasteiger partial charge in [0.05, 0.1) is 0 Å². The second-order valence-corrected chi connectivity index (χ2v) is 4.49. The summed E-state index contributed by atoms with van der Waals surface area (Å²) in [6, 6.07) is 0. The number of thiocarbonyl (C=S) groups is 1. The van der Waals surface area contributed by atoms with Crippen LogP contribution in [-0.2, 0) is 22.2 Å². The molecule has 0 unspecified atom stereocenters. The molecule has 0 aliphatic heterocycles. The van der Waals surface area contributed by atoms with E-state index in [0.717, 1.165) is 0 Å². The molecule has 0 saturated heterocycles. The third kappa shape index (κ3) is 8.10. The monoisotopic (exact) mass is 314 g/mol. The summed E-state index contributed by atoms with van der Waals surface area (Å²) in [5.74, 6) is -0.981. The molecule has 0 aliphatic carbocycles. The summed E-state index contributed by atoms with van der Waals surface area (Å²) in [5, 5.41) is 4.63. The van der Waals surface area contributed by atoms with Crippen LogP contribution in [0.3, 0.4) is 0 Å². The van der Waals surface area contributed by atoms with Gasteiger partial charge in [-0.1, -0.05) is 0 Å². The summed E-state index contributed by atoms with van der Waals surface area (Å²) >= 11 is 10.3. The second-order valence-electron chi connectivity index (χ2n) is 2.52. The predicted molar refractivity (Wildman–Crippen MR) is 66.6 cm³/mol. The minimum atomic E-state index is -0.527. The van der Waals surface area contributed by atoms with Crippen molar-refractivity contribution in [3.63, 3.8) is 0 Å². The fraction of sp³-hybridized carbons (Fsp3) is 0.143. The van der Waals surface area contributed by atoms with E-state index in [1.54, 1.807) is 11.6 Å².